The van der Waals surface area contributed by atoms with Crippen molar-refractivity contribution in [2.45, 2.75) is 12.1 Å². The number of nitrogens with zero attached hydrogens (tertiary/aromatic N) is 3. The number of carbonyl (C=O) groups excluding carboxylic acids is 1. The molecule has 0 saturated heterocycles. The summed E-state index contributed by atoms with van der Waals surface area (Å²) in [6.07, 6.45) is 0. The van der Waals surface area contributed by atoms with E-state index in [2.05, 4.69) is 10.2 Å². The second kappa shape index (κ2) is 6.63. The van der Waals surface area contributed by atoms with Crippen LogP contribution in [0.25, 0.3) is 26.5 Å². The van der Waals surface area contributed by atoms with E-state index in [1.165, 1.54) is 6.92 Å². The van der Waals surface area contributed by atoms with Crippen LogP contribution in [0.5, 0.6) is 0 Å². The highest BCUT2D eigenvalue weighted by atomic mass is 35.5. The topological polar surface area (TPSA) is 47.8 Å². The second-order valence-corrected chi connectivity index (χ2v) is 7.89. The first-order valence-corrected chi connectivity index (χ1v) is 9.53. The largest absolute Gasteiger partial charge is 0.287 e. The molecule has 7 heteroatoms. The molecule has 4 aromatic rings. The van der Waals surface area contributed by atoms with Gasteiger partial charge in [0.25, 0.3) is 0 Å². The first-order valence-electron chi connectivity index (χ1n) is 7.52. The van der Waals surface area contributed by atoms with Gasteiger partial charge in [-0.1, -0.05) is 48.0 Å². The van der Waals surface area contributed by atoms with Crippen LogP contribution in [0.2, 0.25) is 5.02 Å². The SMILES string of the molecule is CC(=O)Sc1nnc(-c2sc3ccccc3c2Cl)n1-c1ccccc1. The van der Waals surface area contributed by atoms with Gasteiger partial charge in [-0.3, -0.25) is 9.36 Å². The number of aromatic nitrogens is 3. The van der Waals surface area contributed by atoms with Gasteiger partial charge in [0.15, 0.2) is 10.9 Å². The minimum absolute atomic E-state index is 0.0430. The highest BCUT2D eigenvalue weighted by Gasteiger charge is 2.22. The number of fused-ring (bicyclic) bond motifs is 1. The van der Waals surface area contributed by atoms with E-state index in [9.17, 15) is 4.79 Å². The lowest BCUT2D eigenvalue weighted by Gasteiger charge is -2.08. The van der Waals surface area contributed by atoms with Crippen molar-refractivity contribution in [1.29, 1.82) is 0 Å². The molecule has 0 spiro atoms. The molecular weight excluding hydrogens is 374 g/mol. The number of halogens is 1. The number of carbonyl (C=O) groups is 1. The van der Waals surface area contributed by atoms with Gasteiger partial charge >= 0.3 is 0 Å². The van der Waals surface area contributed by atoms with E-state index in [0.717, 1.165) is 32.4 Å². The molecule has 0 atom stereocenters. The maximum atomic E-state index is 11.6. The summed E-state index contributed by atoms with van der Waals surface area (Å²) in [5.74, 6) is 0.640. The molecule has 0 bridgehead atoms. The average molecular weight is 386 g/mol. The van der Waals surface area contributed by atoms with Gasteiger partial charge in [-0.2, -0.15) is 0 Å². The van der Waals surface area contributed by atoms with Crippen molar-refractivity contribution in [2.75, 3.05) is 0 Å². The van der Waals surface area contributed by atoms with Crippen LogP contribution in [0, 0.1) is 0 Å². The molecule has 0 radical (unpaired) electrons. The summed E-state index contributed by atoms with van der Waals surface area (Å²) in [5.41, 5.74) is 0.889. The Kier molecular flexibility index (Phi) is 4.33. The zero-order valence-corrected chi connectivity index (χ0v) is 15.5. The minimum Gasteiger partial charge on any atom is -0.287 e. The molecule has 0 N–H and O–H groups in total. The third-order valence-electron chi connectivity index (χ3n) is 3.62. The molecule has 4 rings (SSSR count). The van der Waals surface area contributed by atoms with Crippen molar-refractivity contribution in [3.8, 4) is 16.4 Å². The fraction of sp³-hybridized carbons (Fsp3) is 0.0556. The highest BCUT2D eigenvalue weighted by molar-refractivity contribution is 8.13. The van der Waals surface area contributed by atoms with Crippen LogP contribution in [0.4, 0.5) is 0 Å². The molecule has 25 heavy (non-hydrogen) atoms. The lowest BCUT2D eigenvalue weighted by Crippen LogP contribution is -1.99. The van der Waals surface area contributed by atoms with E-state index < -0.39 is 0 Å². The normalized spacial score (nSPS) is 11.1. The molecule has 124 valence electrons. The lowest BCUT2D eigenvalue weighted by molar-refractivity contribution is -0.109. The first-order chi connectivity index (χ1) is 12.1. The fourth-order valence-corrected chi connectivity index (χ4v) is 4.69. The molecule has 0 aliphatic heterocycles. The molecule has 2 aromatic carbocycles. The summed E-state index contributed by atoms with van der Waals surface area (Å²) in [7, 11) is 0. The number of hydrogen-bond acceptors (Lipinski definition) is 5. The number of benzene rings is 2. The minimum atomic E-state index is -0.0430. The Morgan fingerprint density at radius 1 is 1.08 bits per heavy atom. The Morgan fingerprint density at radius 3 is 2.52 bits per heavy atom. The second-order valence-electron chi connectivity index (χ2n) is 5.31. The summed E-state index contributed by atoms with van der Waals surface area (Å²) in [5, 5.41) is 10.7. The smallest absolute Gasteiger partial charge is 0.203 e. The van der Waals surface area contributed by atoms with Crippen molar-refractivity contribution in [3.05, 3.63) is 59.6 Å². The quantitative estimate of drug-likeness (QED) is 0.440. The maximum Gasteiger partial charge on any atom is 0.203 e. The van der Waals surface area contributed by atoms with Crippen molar-refractivity contribution in [1.82, 2.24) is 14.8 Å². The predicted octanol–water partition coefficient (Wildman–Crippen LogP) is 5.44. The Bertz CT molecular complexity index is 1070. The Labute approximate surface area is 157 Å². The van der Waals surface area contributed by atoms with Crippen molar-refractivity contribution in [2.24, 2.45) is 0 Å². The third kappa shape index (κ3) is 2.97. The monoisotopic (exact) mass is 385 g/mol. The summed E-state index contributed by atoms with van der Waals surface area (Å²) in [6, 6.07) is 17.7. The summed E-state index contributed by atoms with van der Waals surface area (Å²) in [6.45, 7) is 1.51. The maximum absolute atomic E-state index is 11.6. The van der Waals surface area contributed by atoms with E-state index in [-0.39, 0.29) is 5.12 Å². The zero-order valence-electron chi connectivity index (χ0n) is 13.1. The Morgan fingerprint density at radius 2 is 1.80 bits per heavy atom. The van der Waals surface area contributed by atoms with Gasteiger partial charge in [-0.05, 0) is 30.0 Å². The van der Waals surface area contributed by atoms with Gasteiger partial charge in [-0.15, -0.1) is 21.5 Å². The Hall–Kier alpha value is -2.15. The molecule has 0 unspecified atom stereocenters. The van der Waals surface area contributed by atoms with Crippen LogP contribution < -0.4 is 0 Å². The van der Waals surface area contributed by atoms with Gasteiger partial charge in [0.1, 0.15) is 0 Å². The van der Waals surface area contributed by atoms with Crippen molar-refractivity contribution >= 4 is 49.9 Å². The molecule has 0 amide bonds. The third-order valence-corrected chi connectivity index (χ3v) is 6.03. The summed E-state index contributed by atoms with van der Waals surface area (Å²) >= 11 is 9.25. The molecule has 0 saturated carbocycles. The van der Waals surface area contributed by atoms with Gasteiger partial charge in [0.05, 0.1) is 9.90 Å². The van der Waals surface area contributed by atoms with Gasteiger partial charge in [0, 0.05) is 22.7 Å². The number of para-hydroxylation sites is 1. The molecule has 2 heterocycles. The van der Waals surface area contributed by atoms with E-state index in [1.807, 2.05) is 59.2 Å². The van der Waals surface area contributed by atoms with E-state index in [4.69, 9.17) is 11.6 Å². The van der Waals surface area contributed by atoms with Crippen LogP contribution in [-0.2, 0) is 4.79 Å². The molecular formula is C18H12ClN3OS2. The van der Waals surface area contributed by atoms with E-state index >= 15 is 0 Å². The highest BCUT2D eigenvalue weighted by Crippen LogP contribution is 2.42. The van der Waals surface area contributed by atoms with Gasteiger partial charge < -0.3 is 0 Å². The Balaban J connectivity index is 1.96. The van der Waals surface area contributed by atoms with Crippen LogP contribution in [0.3, 0.4) is 0 Å². The molecule has 0 aliphatic carbocycles. The average Bonchev–Trinajstić information content (AvgIpc) is 3.17. The zero-order chi connectivity index (χ0) is 17.4. The van der Waals surface area contributed by atoms with Crippen LogP contribution in [-0.4, -0.2) is 19.9 Å². The van der Waals surface area contributed by atoms with Crippen LogP contribution in [0.1, 0.15) is 6.92 Å². The van der Waals surface area contributed by atoms with Gasteiger partial charge in [0.2, 0.25) is 5.16 Å². The van der Waals surface area contributed by atoms with Crippen LogP contribution in [0.15, 0.2) is 59.8 Å². The fourth-order valence-electron chi connectivity index (χ4n) is 2.58. The van der Waals surface area contributed by atoms with E-state index in [0.29, 0.717) is 16.0 Å². The lowest BCUT2D eigenvalue weighted by atomic mass is 10.2. The number of thioether (sulfide) groups is 1. The van der Waals surface area contributed by atoms with Crippen LogP contribution >= 0.6 is 34.7 Å². The number of thiophene rings is 1. The van der Waals surface area contributed by atoms with Crippen molar-refractivity contribution < 1.29 is 4.79 Å². The molecule has 0 fully saturated rings. The van der Waals surface area contributed by atoms with E-state index in [1.54, 1.807) is 11.3 Å². The molecule has 0 aliphatic rings. The standard InChI is InChI=1S/C18H12ClN3OS2/c1-11(23)24-18-21-20-17(22(18)12-7-3-2-4-8-12)16-15(19)13-9-5-6-10-14(13)25-16/h2-10H,1H3. The summed E-state index contributed by atoms with van der Waals surface area (Å²) < 4.78 is 2.97. The first kappa shape index (κ1) is 16.3. The molecule has 2 aromatic heterocycles. The number of hydrogen-bond donors (Lipinski definition) is 0. The van der Waals surface area contributed by atoms with Crippen molar-refractivity contribution in [3.63, 3.8) is 0 Å². The number of rotatable bonds is 3. The predicted molar refractivity (Wildman–Crippen MR) is 104 cm³/mol. The van der Waals surface area contributed by atoms with Gasteiger partial charge in [-0.25, -0.2) is 0 Å². The molecule has 4 nitrogen and oxygen atoms in total. The summed E-state index contributed by atoms with van der Waals surface area (Å²) in [4.78, 5) is 12.5.